The Morgan fingerprint density at radius 3 is 2.29 bits per heavy atom. The van der Waals surface area contributed by atoms with E-state index in [0.717, 1.165) is 42.1 Å². The molecule has 1 aromatic heterocycles. The quantitative estimate of drug-likeness (QED) is 0.559. The molecule has 1 heterocycles. The van der Waals surface area contributed by atoms with Gasteiger partial charge in [-0.15, -0.1) is 0 Å². The van der Waals surface area contributed by atoms with E-state index in [9.17, 15) is 19.2 Å². The van der Waals surface area contributed by atoms with Crippen molar-refractivity contribution in [2.24, 2.45) is 29.6 Å². The van der Waals surface area contributed by atoms with E-state index in [2.05, 4.69) is 4.98 Å². The van der Waals surface area contributed by atoms with Gasteiger partial charge in [-0.05, 0) is 62.2 Å². The van der Waals surface area contributed by atoms with E-state index in [1.54, 1.807) is 0 Å². The van der Waals surface area contributed by atoms with Crippen LogP contribution in [-0.2, 0) is 16.1 Å². The highest BCUT2D eigenvalue weighted by molar-refractivity contribution is 6.01. The maximum Gasteiger partial charge on any atom is 0.329 e. The number of rotatable bonds is 6. The lowest BCUT2D eigenvalue weighted by atomic mass is 9.52. The lowest BCUT2D eigenvalue weighted by Crippen LogP contribution is -2.48. The van der Waals surface area contributed by atoms with Crippen LogP contribution in [-0.4, -0.2) is 27.9 Å². The highest BCUT2D eigenvalue weighted by Gasteiger charge is 2.51. The molecule has 0 spiro atoms. The van der Waals surface area contributed by atoms with E-state index in [1.165, 1.54) is 6.42 Å². The maximum atomic E-state index is 12.7. The van der Waals surface area contributed by atoms with Crippen LogP contribution < -0.4 is 17.0 Å². The molecule has 0 aromatic carbocycles. The smallest absolute Gasteiger partial charge is 0.329 e. The predicted molar refractivity (Wildman–Crippen MR) is 102 cm³/mol. The van der Waals surface area contributed by atoms with Gasteiger partial charge >= 0.3 is 11.7 Å². The van der Waals surface area contributed by atoms with Crippen LogP contribution >= 0.6 is 0 Å². The minimum Gasteiger partial charge on any atom is -0.457 e. The van der Waals surface area contributed by atoms with E-state index >= 15 is 0 Å². The Morgan fingerprint density at radius 1 is 1.11 bits per heavy atom. The highest BCUT2D eigenvalue weighted by Crippen LogP contribution is 2.56. The van der Waals surface area contributed by atoms with Gasteiger partial charge < -0.3 is 10.5 Å². The van der Waals surface area contributed by atoms with E-state index in [1.807, 2.05) is 6.92 Å². The number of H-pyrrole nitrogens is 1. The Hall–Kier alpha value is -2.38. The van der Waals surface area contributed by atoms with Crippen molar-refractivity contribution in [2.45, 2.75) is 52.0 Å². The second-order valence-electron chi connectivity index (χ2n) is 8.66. The standard InChI is InChI=1S/C20H27N3O5/c1-2-3-23-17(21)16(18(25)22-20(23)27)14(24)9-28-19(26)15-12-5-10-4-11(7-12)8-13(15)6-10/h10-13,15H,2-9,21H2,1H3,(H,22,25,27). The number of esters is 1. The number of Topliss-reactive ketones (excluding diaryl/α,β-unsaturated/α-hetero) is 1. The van der Waals surface area contributed by atoms with Gasteiger partial charge in [0.2, 0.25) is 5.78 Å². The summed E-state index contributed by atoms with van der Waals surface area (Å²) in [5.74, 6) is 0.881. The number of nitrogen functional groups attached to an aromatic ring is 1. The molecule has 0 aliphatic heterocycles. The van der Waals surface area contributed by atoms with Crippen LogP contribution in [0.15, 0.2) is 9.59 Å². The summed E-state index contributed by atoms with van der Waals surface area (Å²) >= 11 is 0. The molecule has 4 saturated carbocycles. The van der Waals surface area contributed by atoms with Crippen LogP contribution in [0.4, 0.5) is 5.82 Å². The molecule has 4 bridgehead atoms. The van der Waals surface area contributed by atoms with Crippen molar-refractivity contribution in [3.05, 3.63) is 26.4 Å². The van der Waals surface area contributed by atoms with Gasteiger partial charge in [-0.25, -0.2) is 4.79 Å². The summed E-state index contributed by atoms with van der Waals surface area (Å²) in [5, 5.41) is 0. The van der Waals surface area contributed by atoms with E-state index < -0.39 is 23.6 Å². The molecule has 0 unspecified atom stereocenters. The molecule has 8 heteroatoms. The Bertz CT molecular complexity index is 887. The lowest BCUT2D eigenvalue weighted by Gasteiger charge is -2.53. The van der Waals surface area contributed by atoms with Crippen molar-refractivity contribution >= 4 is 17.6 Å². The Balaban J connectivity index is 1.46. The number of carbonyl (C=O) groups excluding carboxylic acids is 2. The molecule has 4 fully saturated rings. The Kier molecular flexibility index (Phi) is 4.89. The van der Waals surface area contributed by atoms with E-state index in [-0.39, 0.29) is 29.8 Å². The second kappa shape index (κ2) is 7.22. The number of nitrogens with two attached hydrogens (primary N) is 1. The third kappa shape index (κ3) is 3.18. The van der Waals surface area contributed by atoms with Crippen LogP contribution in [0.1, 0.15) is 55.8 Å². The fraction of sp³-hybridized carbons (Fsp3) is 0.700. The molecular weight excluding hydrogens is 362 g/mol. The van der Waals surface area contributed by atoms with Gasteiger partial charge in [-0.3, -0.25) is 23.9 Å². The first-order valence-electron chi connectivity index (χ1n) is 10.2. The molecule has 0 atom stereocenters. The number of ether oxygens (including phenoxy) is 1. The van der Waals surface area contributed by atoms with E-state index in [0.29, 0.717) is 18.3 Å². The molecule has 1 aromatic rings. The molecular formula is C20H27N3O5. The van der Waals surface area contributed by atoms with Crippen LogP contribution in [0.5, 0.6) is 0 Å². The average Bonchev–Trinajstić information content (AvgIpc) is 2.62. The van der Waals surface area contributed by atoms with Gasteiger partial charge in [-0.2, -0.15) is 0 Å². The zero-order valence-electron chi connectivity index (χ0n) is 16.1. The van der Waals surface area contributed by atoms with Gasteiger partial charge in [-0.1, -0.05) is 6.92 Å². The first-order chi connectivity index (χ1) is 13.4. The summed E-state index contributed by atoms with van der Waals surface area (Å²) in [4.78, 5) is 51.4. The molecule has 4 aliphatic carbocycles. The number of nitrogens with one attached hydrogen (secondary N) is 1. The summed E-state index contributed by atoms with van der Waals surface area (Å²) in [6, 6.07) is 0. The second-order valence-corrected chi connectivity index (χ2v) is 8.66. The monoisotopic (exact) mass is 389 g/mol. The Labute approximate surface area is 162 Å². The summed E-state index contributed by atoms with van der Waals surface area (Å²) in [6.07, 6.45) is 6.23. The van der Waals surface area contributed by atoms with Crippen molar-refractivity contribution in [1.29, 1.82) is 0 Å². The van der Waals surface area contributed by atoms with Gasteiger partial charge in [0.05, 0.1) is 5.92 Å². The lowest BCUT2D eigenvalue weighted by molar-refractivity contribution is -0.161. The molecule has 28 heavy (non-hydrogen) atoms. The third-order valence-corrected chi connectivity index (χ3v) is 6.81. The van der Waals surface area contributed by atoms with Crippen molar-refractivity contribution in [3.63, 3.8) is 0 Å². The number of hydrogen-bond donors (Lipinski definition) is 2. The number of aromatic amines is 1. The topological polar surface area (TPSA) is 124 Å². The van der Waals surface area contributed by atoms with Crippen molar-refractivity contribution in [1.82, 2.24) is 9.55 Å². The zero-order chi connectivity index (χ0) is 20.0. The minimum absolute atomic E-state index is 0.134. The van der Waals surface area contributed by atoms with Crippen LogP contribution in [0, 0.1) is 29.6 Å². The average molecular weight is 389 g/mol. The fourth-order valence-corrected chi connectivity index (χ4v) is 5.92. The number of aromatic nitrogens is 2. The molecule has 0 amide bonds. The first-order valence-corrected chi connectivity index (χ1v) is 10.2. The number of nitrogens with zero attached hydrogens (tertiary/aromatic N) is 1. The highest BCUT2D eigenvalue weighted by atomic mass is 16.5. The SMILES string of the molecule is CCCn1c(N)c(C(=O)COC(=O)C2C3CC4CC(C3)CC2C4)c(=O)[nH]c1=O. The summed E-state index contributed by atoms with van der Waals surface area (Å²) < 4.78 is 6.50. The molecule has 8 nitrogen and oxygen atoms in total. The zero-order valence-corrected chi connectivity index (χ0v) is 16.1. The maximum absolute atomic E-state index is 12.7. The number of carbonyl (C=O) groups is 2. The first kappa shape index (κ1) is 19.0. The molecule has 3 N–H and O–H groups in total. The normalized spacial score (nSPS) is 30.4. The minimum atomic E-state index is -0.842. The van der Waals surface area contributed by atoms with Crippen LogP contribution in [0.3, 0.4) is 0 Å². The molecule has 0 radical (unpaired) electrons. The van der Waals surface area contributed by atoms with Crippen LogP contribution in [0.2, 0.25) is 0 Å². The molecule has 5 rings (SSSR count). The number of ketones is 1. The molecule has 0 saturated heterocycles. The fourth-order valence-electron chi connectivity index (χ4n) is 5.92. The summed E-state index contributed by atoms with van der Waals surface area (Å²) in [6.45, 7) is 1.61. The van der Waals surface area contributed by atoms with Gasteiger partial charge in [0.1, 0.15) is 11.4 Å². The predicted octanol–water partition coefficient (Wildman–Crippen LogP) is 1.33. The number of anilines is 1. The van der Waals surface area contributed by atoms with Crippen molar-refractivity contribution in [3.8, 4) is 0 Å². The van der Waals surface area contributed by atoms with E-state index in [4.69, 9.17) is 10.5 Å². The van der Waals surface area contributed by atoms with Crippen molar-refractivity contribution in [2.75, 3.05) is 12.3 Å². The van der Waals surface area contributed by atoms with Gasteiger partial charge in [0, 0.05) is 6.54 Å². The summed E-state index contributed by atoms with van der Waals surface area (Å²) in [7, 11) is 0. The van der Waals surface area contributed by atoms with Crippen molar-refractivity contribution < 1.29 is 14.3 Å². The molecule has 152 valence electrons. The van der Waals surface area contributed by atoms with Crippen LogP contribution in [0.25, 0.3) is 0 Å². The van der Waals surface area contributed by atoms with Gasteiger partial charge in [0.15, 0.2) is 6.61 Å². The molecule has 4 aliphatic rings. The largest absolute Gasteiger partial charge is 0.457 e. The Morgan fingerprint density at radius 2 is 1.71 bits per heavy atom. The number of hydrogen-bond acceptors (Lipinski definition) is 6. The van der Waals surface area contributed by atoms with Gasteiger partial charge in [0.25, 0.3) is 5.56 Å². The summed E-state index contributed by atoms with van der Waals surface area (Å²) in [5.41, 5.74) is 4.09. The third-order valence-electron chi connectivity index (χ3n) is 6.81.